The molecule has 0 aliphatic heterocycles. The smallest absolute Gasteiger partial charge is 0.323 e. The molecular weight excluding hydrogens is 266 g/mol. The van der Waals surface area contributed by atoms with Gasteiger partial charge in [-0.2, -0.15) is 0 Å². The van der Waals surface area contributed by atoms with E-state index in [0.717, 1.165) is 31.2 Å². The first kappa shape index (κ1) is 15.5. The second-order valence-corrected chi connectivity index (χ2v) is 5.89. The molecule has 1 saturated carbocycles. The minimum Gasteiger partial charge on any atom is -0.480 e. The van der Waals surface area contributed by atoms with Crippen LogP contribution in [0.5, 0.6) is 0 Å². The summed E-state index contributed by atoms with van der Waals surface area (Å²) in [4.78, 5) is 25.7. The van der Waals surface area contributed by atoms with Crippen LogP contribution in [0.3, 0.4) is 0 Å². The molecule has 0 bridgehead atoms. The number of hydrogen-bond donors (Lipinski definition) is 1. The number of carbonyl (C=O) groups excluding carboxylic acids is 1. The molecule has 1 unspecified atom stereocenters. The predicted octanol–water partition coefficient (Wildman–Crippen LogP) is 2.82. The Labute approximate surface area is 125 Å². The van der Waals surface area contributed by atoms with Crippen molar-refractivity contribution in [1.29, 1.82) is 0 Å². The van der Waals surface area contributed by atoms with Crippen molar-refractivity contribution in [3.05, 3.63) is 35.9 Å². The first-order valence-corrected chi connectivity index (χ1v) is 7.59. The Balaban J connectivity index is 2.31. The van der Waals surface area contributed by atoms with Gasteiger partial charge in [0.25, 0.3) is 0 Å². The van der Waals surface area contributed by atoms with Crippen LogP contribution in [0, 0.1) is 0 Å². The number of amides is 1. The maximum atomic E-state index is 13.0. The van der Waals surface area contributed by atoms with Gasteiger partial charge in [-0.15, -0.1) is 0 Å². The predicted molar refractivity (Wildman–Crippen MR) is 81.1 cm³/mol. The Morgan fingerprint density at radius 1 is 1.29 bits per heavy atom. The minimum absolute atomic E-state index is 0.0308. The van der Waals surface area contributed by atoms with Gasteiger partial charge in [0, 0.05) is 6.04 Å². The van der Waals surface area contributed by atoms with Crippen molar-refractivity contribution < 1.29 is 14.7 Å². The Morgan fingerprint density at radius 2 is 1.90 bits per heavy atom. The molecule has 1 N–H and O–H groups in total. The number of carboxylic acids is 1. The average Bonchev–Trinajstić information content (AvgIpc) is 2.43. The summed E-state index contributed by atoms with van der Waals surface area (Å²) in [6.45, 7) is 3.67. The molecule has 114 valence electrons. The quantitative estimate of drug-likeness (QED) is 0.876. The maximum absolute atomic E-state index is 13.0. The molecule has 1 aromatic rings. The van der Waals surface area contributed by atoms with Crippen LogP contribution in [0.2, 0.25) is 0 Å². The van der Waals surface area contributed by atoms with E-state index in [1.807, 2.05) is 44.2 Å². The van der Waals surface area contributed by atoms with Crippen molar-refractivity contribution in [2.24, 2.45) is 0 Å². The van der Waals surface area contributed by atoms with E-state index in [-0.39, 0.29) is 18.5 Å². The van der Waals surface area contributed by atoms with E-state index in [9.17, 15) is 9.59 Å². The molecule has 1 fully saturated rings. The number of aliphatic carboxylic acids is 1. The van der Waals surface area contributed by atoms with E-state index in [0.29, 0.717) is 0 Å². The largest absolute Gasteiger partial charge is 0.480 e. The number of nitrogens with zero attached hydrogens (tertiary/aromatic N) is 1. The van der Waals surface area contributed by atoms with Crippen LogP contribution in [0.1, 0.15) is 45.1 Å². The fourth-order valence-electron chi connectivity index (χ4n) is 2.98. The number of benzene rings is 1. The van der Waals surface area contributed by atoms with Gasteiger partial charge < -0.3 is 10.0 Å². The first-order valence-electron chi connectivity index (χ1n) is 7.59. The lowest BCUT2D eigenvalue weighted by Gasteiger charge is -2.45. The molecule has 4 heteroatoms. The van der Waals surface area contributed by atoms with E-state index in [1.54, 1.807) is 0 Å². The first-order chi connectivity index (χ1) is 10.0. The van der Waals surface area contributed by atoms with Crippen molar-refractivity contribution in [3.63, 3.8) is 0 Å². The number of carboxylic acid groups (broad SMARTS) is 1. The summed E-state index contributed by atoms with van der Waals surface area (Å²) < 4.78 is 0. The highest BCUT2D eigenvalue weighted by atomic mass is 16.4. The Hall–Kier alpha value is -1.84. The van der Waals surface area contributed by atoms with Gasteiger partial charge in [0.1, 0.15) is 6.54 Å². The molecule has 0 radical (unpaired) electrons. The molecule has 1 aromatic carbocycles. The van der Waals surface area contributed by atoms with Crippen LogP contribution < -0.4 is 0 Å². The van der Waals surface area contributed by atoms with Crippen LogP contribution in [-0.4, -0.2) is 34.5 Å². The second kappa shape index (κ2) is 6.29. The normalized spacial score (nSPS) is 17.6. The third-order valence-electron chi connectivity index (χ3n) is 4.63. The van der Waals surface area contributed by atoms with Crippen molar-refractivity contribution in [2.45, 2.75) is 51.0 Å². The minimum atomic E-state index is -0.953. The van der Waals surface area contributed by atoms with Crippen LogP contribution in [0.25, 0.3) is 0 Å². The molecule has 0 saturated heterocycles. The summed E-state index contributed by atoms with van der Waals surface area (Å²) in [5.41, 5.74) is 0.500. The lowest BCUT2D eigenvalue weighted by molar-refractivity contribution is -0.151. The molecule has 2 rings (SSSR count). The zero-order chi connectivity index (χ0) is 15.5. The van der Waals surface area contributed by atoms with E-state index < -0.39 is 11.4 Å². The fraction of sp³-hybridized carbons (Fsp3) is 0.529. The molecule has 21 heavy (non-hydrogen) atoms. The SMILES string of the molecule is CCC(C)N(CC(=O)O)C(=O)C1(c2ccccc2)CCC1. The standard InChI is InChI=1S/C17H23NO3/c1-3-13(2)18(12-15(19)20)16(21)17(10-7-11-17)14-8-5-4-6-9-14/h4-6,8-9,13H,3,7,10-12H2,1-2H3,(H,19,20). The van der Waals surface area contributed by atoms with Crippen molar-refractivity contribution in [3.8, 4) is 0 Å². The van der Waals surface area contributed by atoms with Gasteiger partial charge in [0.2, 0.25) is 5.91 Å². The molecule has 0 heterocycles. The summed E-state index contributed by atoms with van der Waals surface area (Å²) in [5, 5.41) is 9.11. The van der Waals surface area contributed by atoms with Crippen molar-refractivity contribution >= 4 is 11.9 Å². The van der Waals surface area contributed by atoms with E-state index in [4.69, 9.17) is 5.11 Å². The molecule has 4 nitrogen and oxygen atoms in total. The third-order valence-corrected chi connectivity index (χ3v) is 4.63. The highest BCUT2D eigenvalue weighted by Crippen LogP contribution is 2.45. The topological polar surface area (TPSA) is 57.6 Å². The fourth-order valence-corrected chi connectivity index (χ4v) is 2.98. The van der Waals surface area contributed by atoms with Gasteiger partial charge in [-0.1, -0.05) is 43.7 Å². The van der Waals surface area contributed by atoms with Gasteiger partial charge in [0.15, 0.2) is 0 Å². The summed E-state index contributed by atoms with van der Waals surface area (Å²) in [6.07, 6.45) is 3.39. The molecule has 1 aliphatic carbocycles. The number of rotatable bonds is 6. The Morgan fingerprint density at radius 3 is 2.33 bits per heavy atom. The van der Waals surface area contributed by atoms with Gasteiger partial charge in [-0.05, 0) is 31.7 Å². The van der Waals surface area contributed by atoms with Gasteiger partial charge in [-0.25, -0.2) is 0 Å². The molecular formula is C17H23NO3. The zero-order valence-electron chi connectivity index (χ0n) is 12.7. The highest BCUT2D eigenvalue weighted by molar-refractivity contribution is 5.91. The van der Waals surface area contributed by atoms with E-state index >= 15 is 0 Å². The van der Waals surface area contributed by atoms with Crippen LogP contribution in [-0.2, 0) is 15.0 Å². The Bertz CT molecular complexity index is 508. The van der Waals surface area contributed by atoms with Crippen LogP contribution in [0.4, 0.5) is 0 Å². The zero-order valence-corrected chi connectivity index (χ0v) is 12.7. The van der Waals surface area contributed by atoms with Gasteiger partial charge in [0.05, 0.1) is 5.41 Å². The number of carbonyl (C=O) groups is 2. The van der Waals surface area contributed by atoms with Gasteiger partial charge in [-0.3, -0.25) is 9.59 Å². The van der Waals surface area contributed by atoms with Crippen molar-refractivity contribution in [1.82, 2.24) is 4.90 Å². The third kappa shape index (κ3) is 2.94. The number of hydrogen-bond acceptors (Lipinski definition) is 2. The maximum Gasteiger partial charge on any atom is 0.323 e. The van der Waals surface area contributed by atoms with E-state index in [1.165, 1.54) is 4.90 Å². The molecule has 1 amide bonds. The van der Waals surface area contributed by atoms with Crippen LogP contribution >= 0.6 is 0 Å². The van der Waals surface area contributed by atoms with E-state index in [2.05, 4.69) is 0 Å². The summed E-state index contributed by atoms with van der Waals surface area (Å²) in [6, 6.07) is 9.71. The lowest BCUT2D eigenvalue weighted by atomic mass is 9.63. The molecule has 0 aromatic heterocycles. The lowest BCUT2D eigenvalue weighted by Crippen LogP contribution is -2.54. The van der Waals surface area contributed by atoms with Gasteiger partial charge >= 0.3 is 5.97 Å². The summed E-state index contributed by atoms with van der Waals surface area (Å²) in [7, 11) is 0. The summed E-state index contributed by atoms with van der Waals surface area (Å²) in [5.74, 6) is -0.983. The molecule has 1 atom stereocenters. The van der Waals surface area contributed by atoms with Crippen molar-refractivity contribution in [2.75, 3.05) is 6.54 Å². The average molecular weight is 289 g/mol. The van der Waals surface area contributed by atoms with Crippen LogP contribution in [0.15, 0.2) is 30.3 Å². The summed E-state index contributed by atoms with van der Waals surface area (Å²) >= 11 is 0. The monoisotopic (exact) mass is 289 g/mol. The highest BCUT2D eigenvalue weighted by Gasteiger charge is 2.48. The molecule has 1 aliphatic rings. The second-order valence-electron chi connectivity index (χ2n) is 5.89. The Kier molecular flexibility index (Phi) is 4.66. The molecule has 0 spiro atoms.